The van der Waals surface area contributed by atoms with Crippen molar-refractivity contribution >= 4 is 16.4 Å². The van der Waals surface area contributed by atoms with Crippen LogP contribution in [0, 0.1) is 0 Å². The Morgan fingerprint density at radius 2 is 0.972 bits per heavy atom. The zero-order valence-corrected chi connectivity index (χ0v) is 45.3. The van der Waals surface area contributed by atoms with E-state index < -0.39 is 59.8 Å². The maximum atomic E-state index is 12.9. The van der Waals surface area contributed by atoms with E-state index in [2.05, 4.69) is 90.9 Å². The molecule has 1 rings (SSSR count). The van der Waals surface area contributed by atoms with Crippen LogP contribution in [0.1, 0.15) is 226 Å². The van der Waals surface area contributed by atoms with Crippen LogP contribution in [0.5, 0.6) is 0 Å². The van der Waals surface area contributed by atoms with E-state index in [0.717, 1.165) is 83.5 Å². The third-order valence-electron chi connectivity index (χ3n) is 12.6. The summed E-state index contributed by atoms with van der Waals surface area (Å²) in [6.07, 6.45) is 55.0. The third-order valence-corrected chi connectivity index (χ3v) is 13.0. The molecule has 6 atom stereocenters. The highest BCUT2D eigenvalue weighted by molar-refractivity contribution is 7.80. The Hall–Kier alpha value is -2.46. The molecule has 4 N–H and O–H groups in total. The quantitative estimate of drug-likeness (QED) is 0.0196. The predicted octanol–water partition coefficient (Wildman–Crippen LogP) is 13.8. The fraction of sp³-hybridized carbons (Fsp3) is 0.776. The summed E-state index contributed by atoms with van der Waals surface area (Å²) >= 11 is 0. The molecule has 71 heavy (non-hydrogen) atoms. The summed E-state index contributed by atoms with van der Waals surface area (Å²) in [6.45, 7) is 3.88. The van der Waals surface area contributed by atoms with E-state index in [9.17, 15) is 33.1 Å². The molecule has 0 aliphatic carbocycles. The van der Waals surface area contributed by atoms with Gasteiger partial charge in [-0.1, -0.05) is 209 Å². The van der Waals surface area contributed by atoms with Crippen LogP contribution < -0.4 is 0 Å². The summed E-state index contributed by atoms with van der Waals surface area (Å²) < 4.78 is 59.4. The molecule has 0 spiro atoms. The minimum Gasteiger partial charge on any atom is -0.457 e. The van der Waals surface area contributed by atoms with Gasteiger partial charge in [0.2, 0.25) is 0 Å². The van der Waals surface area contributed by atoms with Gasteiger partial charge in [0, 0.05) is 13.0 Å². The number of aliphatic hydroxyl groups is 3. The standard InChI is InChI=1S/C58H102O12S/c1-3-5-7-9-11-13-15-17-19-21-23-24-25-26-27-28-29-30-32-34-36-38-40-42-44-46-48-66-50-52(51-67-58-56(62)57(70-71(63,64)65)55(61)53(49-59)69-58)68-54(60)47-45-43-41-39-37-35-33-31-22-20-18-16-14-12-10-8-6-4-2/h5,7,11,13,17,19-20,22-24,26-27,52-53,55-59,61-62H,3-4,6,8-10,12,14-16,18,21,25,28-51H2,1-2H3,(H,63,64,65)/b7-5-,13-11-,19-17-,22-20-,24-23-,27-26-. The van der Waals surface area contributed by atoms with Gasteiger partial charge in [-0.25, -0.2) is 4.18 Å². The predicted molar refractivity (Wildman–Crippen MR) is 289 cm³/mol. The molecule has 1 fully saturated rings. The SMILES string of the molecule is CC/C=C\C/C=C\C/C=C\C/C=C\C/C=C\CCCCCCCCCCCCOCC(COC1OC(CO)C(O)C(OS(=O)(=O)O)C1O)OC(=O)CCCCCCCCC/C=C\CCCCCCCCC. The molecule has 0 saturated carbocycles. The summed E-state index contributed by atoms with van der Waals surface area (Å²) in [7, 11) is -5.07. The monoisotopic (exact) mass is 1020 g/mol. The van der Waals surface area contributed by atoms with Crippen molar-refractivity contribution in [3.8, 4) is 0 Å². The highest BCUT2D eigenvalue weighted by Crippen LogP contribution is 2.26. The van der Waals surface area contributed by atoms with E-state index in [1.165, 1.54) is 116 Å². The second-order valence-corrected chi connectivity index (χ2v) is 20.2. The Bertz CT molecular complexity index is 1510. The Morgan fingerprint density at radius 3 is 1.44 bits per heavy atom. The summed E-state index contributed by atoms with van der Waals surface area (Å²) in [5, 5.41) is 30.8. The lowest BCUT2D eigenvalue weighted by molar-refractivity contribution is -0.301. The van der Waals surface area contributed by atoms with Crippen LogP contribution >= 0.6 is 0 Å². The summed E-state index contributed by atoms with van der Waals surface area (Å²) in [5.74, 6) is -0.405. The van der Waals surface area contributed by atoms with Crippen molar-refractivity contribution in [1.29, 1.82) is 0 Å². The molecule has 0 aromatic rings. The molecule has 1 aliphatic rings. The van der Waals surface area contributed by atoms with Gasteiger partial charge in [0.25, 0.3) is 0 Å². The molecule has 13 heteroatoms. The van der Waals surface area contributed by atoms with E-state index in [1.54, 1.807) is 0 Å². The molecule has 1 aliphatic heterocycles. The first-order valence-electron chi connectivity index (χ1n) is 28.2. The van der Waals surface area contributed by atoms with E-state index in [-0.39, 0.29) is 19.6 Å². The van der Waals surface area contributed by atoms with Crippen molar-refractivity contribution in [3.05, 3.63) is 72.9 Å². The number of allylic oxidation sites excluding steroid dienone is 12. The largest absolute Gasteiger partial charge is 0.457 e. The van der Waals surface area contributed by atoms with Crippen molar-refractivity contribution in [3.63, 3.8) is 0 Å². The van der Waals surface area contributed by atoms with E-state index >= 15 is 0 Å². The third kappa shape index (κ3) is 41.6. The molecular formula is C58H102O12S. The molecule has 12 nitrogen and oxygen atoms in total. The first kappa shape index (κ1) is 66.6. The summed E-state index contributed by atoms with van der Waals surface area (Å²) in [5.41, 5.74) is 0. The molecule has 6 unspecified atom stereocenters. The highest BCUT2D eigenvalue weighted by atomic mass is 32.3. The number of unbranched alkanes of at least 4 members (excludes halogenated alkanes) is 24. The summed E-state index contributed by atoms with van der Waals surface area (Å²) in [4.78, 5) is 12.9. The maximum absolute atomic E-state index is 12.9. The number of ether oxygens (including phenoxy) is 4. The van der Waals surface area contributed by atoms with Crippen molar-refractivity contribution in [1.82, 2.24) is 0 Å². The molecule has 1 saturated heterocycles. The lowest BCUT2D eigenvalue weighted by atomic mass is 9.99. The number of hydrogen-bond donors (Lipinski definition) is 4. The van der Waals surface area contributed by atoms with Crippen molar-refractivity contribution in [2.45, 2.75) is 263 Å². The van der Waals surface area contributed by atoms with E-state index in [4.69, 9.17) is 18.9 Å². The van der Waals surface area contributed by atoms with Crippen LogP contribution in [0.3, 0.4) is 0 Å². The van der Waals surface area contributed by atoms with Crippen molar-refractivity contribution in [2.24, 2.45) is 0 Å². The van der Waals surface area contributed by atoms with Crippen LogP contribution in [0.25, 0.3) is 0 Å². The highest BCUT2D eigenvalue weighted by Gasteiger charge is 2.48. The summed E-state index contributed by atoms with van der Waals surface area (Å²) in [6, 6.07) is 0. The van der Waals surface area contributed by atoms with Crippen molar-refractivity contribution < 1.29 is 56.2 Å². The number of hydrogen-bond acceptors (Lipinski definition) is 11. The first-order chi connectivity index (χ1) is 34.6. The van der Waals surface area contributed by atoms with Gasteiger partial charge in [-0.15, -0.1) is 0 Å². The first-order valence-corrected chi connectivity index (χ1v) is 29.6. The van der Waals surface area contributed by atoms with Crippen LogP contribution in [0.15, 0.2) is 72.9 Å². The fourth-order valence-corrected chi connectivity index (χ4v) is 8.85. The van der Waals surface area contributed by atoms with Crippen molar-refractivity contribution in [2.75, 3.05) is 26.4 Å². The second kappa shape index (κ2) is 48.5. The normalized spacial score (nSPS) is 19.5. The lowest BCUT2D eigenvalue weighted by Gasteiger charge is -2.41. The molecule has 412 valence electrons. The number of aliphatic hydroxyl groups excluding tert-OH is 3. The van der Waals surface area contributed by atoms with Gasteiger partial charge < -0.3 is 34.3 Å². The molecule has 0 bridgehead atoms. The second-order valence-electron chi connectivity index (χ2n) is 19.1. The smallest absolute Gasteiger partial charge is 0.397 e. The van der Waals surface area contributed by atoms with E-state index in [1.807, 2.05) is 0 Å². The zero-order chi connectivity index (χ0) is 51.7. The lowest BCUT2D eigenvalue weighted by Crippen LogP contribution is -2.60. The molecule has 1 heterocycles. The Morgan fingerprint density at radius 1 is 0.549 bits per heavy atom. The molecule has 0 aromatic carbocycles. The zero-order valence-electron chi connectivity index (χ0n) is 44.5. The molecule has 0 radical (unpaired) electrons. The van der Waals surface area contributed by atoms with E-state index in [0.29, 0.717) is 13.0 Å². The van der Waals surface area contributed by atoms with Gasteiger partial charge in [-0.2, -0.15) is 8.42 Å². The minimum absolute atomic E-state index is 0.0287. The van der Waals surface area contributed by atoms with Crippen LogP contribution in [0.4, 0.5) is 0 Å². The van der Waals surface area contributed by atoms with Crippen LogP contribution in [0.2, 0.25) is 0 Å². The number of esters is 1. The maximum Gasteiger partial charge on any atom is 0.397 e. The van der Waals surface area contributed by atoms with Gasteiger partial charge >= 0.3 is 16.4 Å². The average molecular weight is 1020 g/mol. The van der Waals surface area contributed by atoms with Gasteiger partial charge in [0.1, 0.15) is 30.5 Å². The van der Waals surface area contributed by atoms with Gasteiger partial charge in [0.15, 0.2) is 6.29 Å². The van der Waals surface area contributed by atoms with Gasteiger partial charge in [0.05, 0.1) is 19.8 Å². The topological polar surface area (TPSA) is 178 Å². The number of rotatable bonds is 49. The van der Waals surface area contributed by atoms with Crippen LogP contribution in [-0.2, 0) is 38.3 Å². The number of carbonyl (C=O) groups is 1. The van der Waals surface area contributed by atoms with Gasteiger partial charge in [-0.3, -0.25) is 9.35 Å². The van der Waals surface area contributed by atoms with Gasteiger partial charge in [-0.05, 0) is 83.5 Å². The average Bonchev–Trinajstić information content (AvgIpc) is 3.35. The Labute approximate surface area is 432 Å². The molecule has 0 aromatic heterocycles. The Balaban J connectivity index is 2.31. The molecular weight excluding hydrogens is 921 g/mol. The Kier molecular flexibility index (Phi) is 45.4. The minimum atomic E-state index is -5.07. The fourth-order valence-electron chi connectivity index (χ4n) is 8.34. The number of carbonyl (C=O) groups excluding carboxylic acids is 1. The molecule has 0 amide bonds. The van der Waals surface area contributed by atoms with Crippen LogP contribution in [-0.4, -0.2) is 97.5 Å².